The average molecular weight is 342 g/mol. The number of amides is 1. The van der Waals surface area contributed by atoms with E-state index in [-0.39, 0.29) is 17.3 Å². The first-order valence-corrected chi connectivity index (χ1v) is 9.23. The number of H-pyrrole nitrogens is 1. The molecule has 0 aliphatic carbocycles. The Hall–Kier alpha value is -1.86. The molecule has 5 heterocycles. The summed E-state index contributed by atoms with van der Waals surface area (Å²) in [5.74, 6) is 0.813. The van der Waals surface area contributed by atoms with Gasteiger partial charge in [0.2, 0.25) is 0 Å². The van der Waals surface area contributed by atoms with Crippen molar-refractivity contribution in [2.45, 2.75) is 31.1 Å². The number of carbonyl (C=O) groups is 1. The predicted octanol–water partition coefficient (Wildman–Crippen LogP) is 1.99. The molecule has 4 aliphatic rings. The van der Waals surface area contributed by atoms with Crippen LogP contribution in [0.25, 0.3) is 4.91 Å². The molecule has 1 aromatic heterocycles. The van der Waals surface area contributed by atoms with Gasteiger partial charge in [-0.05, 0) is 32.0 Å². The van der Waals surface area contributed by atoms with Crippen LogP contribution in [0.4, 0.5) is 0 Å². The van der Waals surface area contributed by atoms with Crippen molar-refractivity contribution in [1.29, 1.82) is 0 Å². The van der Waals surface area contributed by atoms with E-state index in [9.17, 15) is 4.79 Å². The number of hydrogen-bond donors (Lipinski definition) is 1. The Labute approximate surface area is 144 Å². The van der Waals surface area contributed by atoms with Crippen LogP contribution >= 0.6 is 11.8 Å². The fourth-order valence-electron chi connectivity index (χ4n) is 3.69. The number of likely N-dealkylation sites (tertiary alicyclic amines) is 1. The Morgan fingerprint density at radius 1 is 1.46 bits per heavy atom. The summed E-state index contributed by atoms with van der Waals surface area (Å²) in [5, 5.41) is 6.62. The number of rotatable bonds is 3. The molecule has 1 N–H and O–H groups in total. The van der Waals surface area contributed by atoms with E-state index in [4.69, 9.17) is 4.74 Å². The number of aromatic amines is 1. The lowest BCUT2D eigenvalue weighted by molar-refractivity contribution is -0.116. The molecule has 7 heteroatoms. The highest BCUT2D eigenvalue weighted by atomic mass is 32.2. The lowest BCUT2D eigenvalue weighted by atomic mass is 9.88. The zero-order valence-corrected chi connectivity index (χ0v) is 14.2. The van der Waals surface area contributed by atoms with Gasteiger partial charge in [0, 0.05) is 30.3 Å². The van der Waals surface area contributed by atoms with Crippen LogP contribution in [0.1, 0.15) is 25.3 Å². The van der Waals surface area contributed by atoms with Crippen LogP contribution in [0.2, 0.25) is 0 Å². The Balaban J connectivity index is 1.61. The van der Waals surface area contributed by atoms with Gasteiger partial charge in [-0.2, -0.15) is 5.10 Å². The fourth-order valence-corrected chi connectivity index (χ4v) is 4.96. The van der Waals surface area contributed by atoms with Gasteiger partial charge in [0.05, 0.1) is 16.8 Å². The highest BCUT2D eigenvalue weighted by molar-refractivity contribution is 8.10. The summed E-state index contributed by atoms with van der Waals surface area (Å²) in [5.41, 5.74) is 4.21. The van der Waals surface area contributed by atoms with E-state index in [1.165, 1.54) is 12.0 Å². The normalized spacial score (nSPS) is 29.4. The second-order valence-corrected chi connectivity index (χ2v) is 7.81. The van der Waals surface area contributed by atoms with Crippen LogP contribution in [-0.2, 0) is 9.53 Å². The third kappa shape index (κ3) is 2.11. The van der Waals surface area contributed by atoms with Crippen molar-refractivity contribution in [3.05, 3.63) is 34.9 Å². The van der Waals surface area contributed by atoms with E-state index < -0.39 is 0 Å². The molecule has 6 nitrogen and oxygen atoms in total. The van der Waals surface area contributed by atoms with Gasteiger partial charge in [-0.25, -0.2) is 4.99 Å². The lowest BCUT2D eigenvalue weighted by Gasteiger charge is -2.35. The Bertz CT molecular complexity index is 805. The first kappa shape index (κ1) is 14.5. The van der Waals surface area contributed by atoms with Crippen LogP contribution in [0, 0.1) is 0 Å². The summed E-state index contributed by atoms with van der Waals surface area (Å²) in [6.07, 6.45) is 5.79. The number of dihydropyridines is 1. The Morgan fingerprint density at radius 2 is 2.33 bits per heavy atom. The maximum atomic E-state index is 12.6. The summed E-state index contributed by atoms with van der Waals surface area (Å²) in [7, 11) is 0. The third-order valence-corrected chi connectivity index (χ3v) is 6.31. The maximum Gasteiger partial charge on any atom is 0.264 e. The van der Waals surface area contributed by atoms with E-state index in [0.717, 1.165) is 53.6 Å². The summed E-state index contributed by atoms with van der Waals surface area (Å²) in [6.45, 7) is 5.06. The first-order valence-electron chi connectivity index (χ1n) is 8.35. The molecule has 0 aromatic carbocycles. The van der Waals surface area contributed by atoms with Gasteiger partial charge in [-0.1, -0.05) is 0 Å². The maximum absolute atomic E-state index is 12.6. The number of thioether (sulfide) groups is 1. The van der Waals surface area contributed by atoms with Crippen molar-refractivity contribution < 1.29 is 9.53 Å². The standard InChI is InChI=1S/C17H18N4O2S/c1-9-5-11-12(8-21-3-2-4-21)20-17(22)16-13(11)14(23-9)15(24-16)10-6-18-19-7-10/h6-7,9,16H,2-5,8H2,1H3,(H,18,19)/t9-,16?/m1/s1. The van der Waals surface area contributed by atoms with Gasteiger partial charge < -0.3 is 4.74 Å². The average Bonchev–Trinajstić information content (AvgIpc) is 3.15. The summed E-state index contributed by atoms with van der Waals surface area (Å²) >= 11 is 1.55. The topological polar surface area (TPSA) is 70.6 Å². The number of hydrogen-bond acceptors (Lipinski definition) is 5. The monoisotopic (exact) mass is 342 g/mol. The molecule has 0 radical (unpaired) electrons. The number of nitrogens with one attached hydrogen (secondary N) is 1. The summed E-state index contributed by atoms with van der Waals surface area (Å²) < 4.78 is 6.16. The second-order valence-electron chi connectivity index (χ2n) is 6.69. The molecule has 1 saturated heterocycles. The molecule has 1 fully saturated rings. The largest absolute Gasteiger partial charge is 0.489 e. The Kier molecular flexibility index (Phi) is 3.21. The van der Waals surface area contributed by atoms with Crippen molar-refractivity contribution in [2.75, 3.05) is 19.6 Å². The quantitative estimate of drug-likeness (QED) is 0.910. The molecule has 1 aromatic rings. The molecule has 4 aliphatic heterocycles. The van der Waals surface area contributed by atoms with E-state index in [1.807, 2.05) is 6.20 Å². The molecule has 1 unspecified atom stereocenters. The van der Waals surface area contributed by atoms with Crippen molar-refractivity contribution in [1.82, 2.24) is 15.1 Å². The molecule has 24 heavy (non-hydrogen) atoms. The molecule has 5 rings (SSSR count). The Morgan fingerprint density at radius 3 is 3.04 bits per heavy atom. The number of nitrogens with zero attached hydrogens (tertiary/aromatic N) is 3. The van der Waals surface area contributed by atoms with Gasteiger partial charge in [0.1, 0.15) is 17.1 Å². The van der Waals surface area contributed by atoms with Gasteiger partial charge in [0.15, 0.2) is 0 Å². The SMILES string of the molecule is C[C@@H]1CC2=C3C(=C(c4cn[nH]c4)SC3C(=O)N=C2CN2CCC2)O1. The smallest absolute Gasteiger partial charge is 0.264 e. The van der Waals surface area contributed by atoms with E-state index >= 15 is 0 Å². The minimum atomic E-state index is -0.257. The molecular weight excluding hydrogens is 324 g/mol. The second kappa shape index (κ2) is 5.32. The van der Waals surface area contributed by atoms with Crippen LogP contribution in [0.15, 0.2) is 34.3 Å². The molecule has 0 bridgehead atoms. The molecule has 2 atom stereocenters. The van der Waals surface area contributed by atoms with Crippen LogP contribution in [-0.4, -0.2) is 57.7 Å². The zero-order chi connectivity index (χ0) is 16.3. The molecule has 1 amide bonds. The van der Waals surface area contributed by atoms with Crippen LogP contribution in [0.3, 0.4) is 0 Å². The fraction of sp³-hybridized carbons (Fsp3) is 0.471. The van der Waals surface area contributed by atoms with Crippen molar-refractivity contribution >= 4 is 28.3 Å². The van der Waals surface area contributed by atoms with Gasteiger partial charge in [-0.15, -0.1) is 11.8 Å². The van der Waals surface area contributed by atoms with E-state index in [0.29, 0.717) is 0 Å². The third-order valence-electron chi connectivity index (χ3n) is 4.98. The highest BCUT2D eigenvalue weighted by Gasteiger charge is 2.45. The number of aromatic nitrogens is 2. The van der Waals surface area contributed by atoms with Crippen molar-refractivity contribution in [2.24, 2.45) is 4.99 Å². The number of ether oxygens (including phenoxy) is 1. The molecule has 0 saturated carbocycles. The molecule has 124 valence electrons. The molecular formula is C17H18N4O2S. The minimum absolute atomic E-state index is 0.0524. The summed E-state index contributed by atoms with van der Waals surface area (Å²) in [6, 6.07) is 0. The molecule has 0 spiro atoms. The number of carbonyl (C=O) groups excluding carboxylic acids is 1. The van der Waals surface area contributed by atoms with Gasteiger partial charge in [0.25, 0.3) is 5.91 Å². The van der Waals surface area contributed by atoms with E-state index in [1.54, 1.807) is 18.0 Å². The zero-order valence-electron chi connectivity index (χ0n) is 13.4. The summed E-state index contributed by atoms with van der Waals surface area (Å²) in [4.78, 5) is 20.5. The van der Waals surface area contributed by atoms with E-state index in [2.05, 4.69) is 27.0 Å². The van der Waals surface area contributed by atoms with Gasteiger partial charge in [-0.3, -0.25) is 14.8 Å². The lowest BCUT2D eigenvalue weighted by Crippen LogP contribution is -2.43. The minimum Gasteiger partial charge on any atom is -0.489 e. The highest BCUT2D eigenvalue weighted by Crippen LogP contribution is 2.53. The number of aliphatic imine (C=N–C) groups is 1. The first-order chi connectivity index (χ1) is 11.7. The number of allylic oxidation sites excluding steroid dienone is 1. The predicted molar refractivity (Wildman–Crippen MR) is 92.6 cm³/mol. The van der Waals surface area contributed by atoms with Crippen LogP contribution in [0.5, 0.6) is 0 Å². The van der Waals surface area contributed by atoms with Crippen molar-refractivity contribution in [3.8, 4) is 0 Å². The van der Waals surface area contributed by atoms with Crippen molar-refractivity contribution in [3.63, 3.8) is 0 Å². The van der Waals surface area contributed by atoms with Gasteiger partial charge >= 0.3 is 0 Å². The van der Waals surface area contributed by atoms with Crippen LogP contribution < -0.4 is 0 Å².